The van der Waals surface area contributed by atoms with Crippen LogP contribution >= 0.6 is 12.4 Å². The van der Waals surface area contributed by atoms with Gasteiger partial charge in [0.2, 0.25) is 11.8 Å². The molecule has 0 unspecified atom stereocenters. The van der Waals surface area contributed by atoms with E-state index in [4.69, 9.17) is 15.2 Å². The molecule has 21 heavy (non-hydrogen) atoms. The second kappa shape index (κ2) is 10.9. The van der Waals surface area contributed by atoms with Gasteiger partial charge < -0.3 is 25.8 Å². The Morgan fingerprint density at radius 3 is 2.67 bits per heavy atom. The number of benzene rings is 1. The number of nitrogens with one attached hydrogen (secondary N) is 2. The molecule has 0 fully saturated rings. The summed E-state index contributed by atoms with van der Waals surface area (Å²) in [6.07, 6.45) is 0. The summed E-state index contributed by atoms with van der Waals surface area (Å²) in [5.74, 6) is -0.0801. The second-order valence-electron chi connectivity index (χ2n) is 3.90. The molecule has 118 valence electrons. The monoisotopic (exact) mass is 317 g/mol. The standard InChI is InChI=1S/C13H19N3O4.ClH/c1-19-5-6-20-11-4-2-3-10(7-11)16-13(18)9-15-12(17)8-14;/h2-4,7H,5-6,8-9,14H2,1H3,(H,15,17)(H,16,18);1H. The van der Waals surface area contributed by atoms with Gasteiger partial charge >= 0.3 is 0 Å². The molecule has 4 N–H and O–H groups in total. The van der Waals surface area contributed by atoms with Crippen LogP contribution in [0.1, 0.15) is 0 Å². The van der Waals surface area contributed by atoms with Crippen molar-refractivity contribution < 1.29 is 19.1 Å². The Hall–Kier alpha value is -1.83. The van der Waals surface area contributed by atoms with Crippen LogP contribution in [0.4, 0.5) is 5.69 Å². The molecule has 1 rings (SSSR count). The molecule has 0 spiro atoms. The average Bonchev–Trinajstić information content (AvgIpc) is 2.45. The Labute approximate surface area is 129 Å². The van der Waals surface area contributed by atoms with E-state index in [2.05, 4.69) is 10.6 Å². The molecule has 1 aromatic carbocycles. The number of carbonyl (C=O) groups is 2. The minimum Gasteiger partial charge on any atom is -0.491 e. The van der Waals surface area contributed by atoms with Crippen LogP contribution in [0.15, 0.2) is 24.3 Å². The first-order chi connectivity index (χ1) is 9.65. The molecule has 0 heterocycles. The first-order valence-electron chi connectivity index (χ1n) is 6.14. The molecule has 0 saturated heterocycles. The van der Waals surface area contributed by atoms with Gasteiger partial charge in [0.1, 0.15) is 12.4 Å². The topological polar surface area (TPSA) is 103 Å². The molecule has 0 bridgehead atoms. The van der Waals surface area contributed by atoms with E-state index in [1.165, 1.54) is 0 Å². The Morgan fingerprint density at radius 2 is 2.00 bits per heavy atom. The molecular weight excluding hydrogens is 298 g/mol. The molecule has 0 aliphatic carbocycles. The van der Waals surface area contributed by atoms with Crippen LogP contribution in [0.2, 0.25) is 0 Å². The Balaban J connectivity index is 0.00000400. The summed E-state index contributed by atoms with van der Waals surface area (Å²) in [6.45, 7) is 0.656. The van der Waals surface area contributed by atoms with Crippen LogP contribution in [0.25, 0.3) is 0 Å². The summed E-state index contributed by atoms with van der Waals surface area (Å²) in [7, 11) is 1.59. The minimum absolute atomic E-state index is 0. The zero-order valence-electron chi connectivity index (χ0n) is 11.8. The molecule has 7 nitrogen and oxygen atoms in total. The van der Waals surface area contributed by atoms with Crippen molar-refractivity contribution in [1.29, 1.82) is 0 Å². The van der Waals surface area contributed by atoms with E-state index in [9.17, 15) is 9.59 Å². The number of methoxy groups -OCH3 is 1. The summed E-state index contributed by atoms with van der Waals surface area (Å²) >= 11 is 0. The summed E-state index contributed by atoms with van der Waals surface area (Å²) in [4.78, 5) is 22.5. The molecule has 0 saturated carbocycles. The molecule has 8 heteroatoms. The van der Waals surface area contributed by atoms with Crippen molar-refractivity contribution in [2.24, 2.45) is 5.73 Å². The number of nitrogens with two attached hydrogens (primary N) is 1. The van der Waals surface area contributed by atoms with Crippen LogP contribution < -0.4 is 21.1 Å². The van der Waals surface area contributed by atoms with Crippen molar-refractivity contribution in [3.8, 4) is 5.75 Å². The summed E-state index contributed by atoms with van der Waals surface area (Å²) in [5.41, 5.74) is 5.71. The lowest BCUT2D eigenvalue weighted by atomic mass is 10.3. The fourth-order valence-electron chi connectivity index (χ4n) is 1.36. The van der Waals surface area contributed by atoms with Gasteiger partial charge in [-0.25, -0.2) is 0 Å². The number of rotatable bonds is 8. The quantitative estimate of drug-likeness (QED) is 0.592. The number of ether oxygens (including phenoxy) is 2. The van der Waals surface area contributed by atoms with Crippen molar-refractivity contribution in [1.82, 2.24) is 5.32 Å². The predicted octanol–water partition coefficient (Wildman–Crippen LogP) is 0.147. The highest BCUT2D eigenvalue weighted by Crippen LogP contribution is 2.17. The number of halogens is 1. The van der Waals surface area contributed by atoms with Gasteiger partial charge in [0.05, 0.1) is 19.7 Å². The predicted molar refractivity (Wildman–Crippen MR) is 81.8 cm³/mol. The van der Waals surface area contributed by atoms with Crippen LogP contribution in [0.3, 0.4) is 0 Å². The molecule has 0 aliphatic rings. The number of amides is 2. The number of hydrogen-bond acceptors (Lipinski definition) is 5. The lowest BCUT2D eigenvalue weighted by Gasteiger charge is -2.09. The van der Waals surface area contributed by atoms with E-state index in [0.717, 1.165) is 0 Å². The Kier molecular flexibility index (Phi) is 9.95. The highest BCUT2D eigenvalue weighted by molar-refractivity contribution is 5.94. The Bertz CT molecular complexity index is 457. The first kappa shape index (κ1) is 19.2. The van der Waals surface area contributed by atoms with Crippen molar-refractivity contribution in [2.75, 3.05) is 38.7 Å². The van der Waals surface area contributed by atoms with Gasteiger partial charge in [0, 0.05) is 18.9 Å². The highest BCUT2D eigenvalue weighted by atomic mass is 35.5. The summed E-state index contributed by atoms with van der Waals surface area (Å²) < 4.78 is 10.3. The largest absolute Gasteiger partial charge is 0.491 e. The maximum Gasteiger partial charge on any atom is 0.243 e. The van der Waals surface area contributed by atoms with E-state index in [1.807, 2.05) is 0 Å². The van der Waals surface area contributed by atoms with Crippen molar-refractivity contribution in [3.05, 3.63) is 24.3 Å². The minimum atomic E-state index is -0.378. The number of anilines is 1. The third kappa shape index (κ3) is 8.13. The molecule has 0 radical (unpaired) electrons. The molecule has 2 amide bonds. The molecule has 0 aliphatic heterocycles. The van der Waals surface area contributed by atoms with Crippen molar-refractivity contribution in [2.45, 2.75) is 0 Å². The average molecular weight is 318 g/mol. The van der Waals surface area contributed by atoms with E-state index in [0.29, 0.717) is 24.7 Å². The van der Waals surface area contributed by atoms with E-state index >= 15 is 0 Å². The maximum absolute atomic E-state index is 11.6. The molecular formula is C13H20ClN3O4. The van der Waals surface area contributed by atoms with Gasteiger partial charge in [-0.05, 0) is 12.1 Å². The van der Waals surface area contributed by atoms with Gasteiger partial charge in [-0.1, -0.05) is 6.07 Å². The fourth-order valence-corrected chi connectivity index (χ4v) is 1.36. The normalized spacial score (nSPS) is 9.43. The lowest BCUT2D eigenvalue weighted by Crippen LogP contribution is -2.36. The molecule has 0 aromatic heterocycles. The maximum atomic E-state index is 11.6. The van der Waals surface area contributed by atoms with Gasteiger partial charge in [-0.15, -0.1) is 12.4 Å². The zero-order chi connectivity index (χ0) is 14.8. The Morgan fingerprint density at radius 1 is 1.24 bits per heavy atom. The molecule has 1 aromatic rings. The van der Waals surface area contributed by atoms with Crippen LogP contribution in [0.5, 0.6) is 5.75 Å². The third-order valence-electron chi connectivity index (χ3n) is 2.31. The third-order valence-corrected chi connectivity index (χ3v) is 2.31. The van der Waals surface area contributed by atoms with Crippen LogP contribution in [-0.2, 0) is 14.3 Å². The summed E-state index contributed by atoms with van der Waals surface area (Å²) in [6, 6.07) is 6.96. The van der Waals surface area contributed by atoms with Gasteiger partial charge in [0.25, 0.3) is 0 Å². The van der Waals surface area contributed by atoms with Crippen molar-refractivity contribution >= 4 is 29.9 Å². The van der Waals surface area contributed by atoms with Gasteiger partial charge in [-0.2, -0.15) is 0 Å². The van der Waals surface area contributed by atoms with Crippen LogP contribution in [0, 0.1) is 0 Å². The van der Waals surface area contributed by atoms with Crippen molar-refractivity contribution in [3.63, 3.8) is 0 Å². The van der Waals surface area contributed by atoms with E-state index in [-0.39, 0.29) is 37.3 Å². The second-order valence-corrected chi connectivity index (χ2v) is 3.90. The smallest absolute Gasteiger partial charge is 0.243 e. The van der Waals surface area contributed by atoms with E-state index in [1.54, 1.807) is 31.4 Å². The zero-order valence-corrected chi connectivity index (χ0v) is 12.6. The van der Waals surface area contributed by atoms with Gasteiger partial charge in [0.15, 0.2) is 0 Å². The lowest BCUT2D eigenvalue weighted by molar-refractivity contribution is -0.123. The summed E-state index contributed by atoms with van der Waals surface area (Å²) in [5, 5.41) is 5.03. The number of carbonyl (C=O) groups excluding carboxylic acids is 2. The van der Waals surface area contributed by atoms with E-state index < -0.39 is 0 Å². The highest BCUT2D eigenvalue weighted by Gasteiger charge is 2.05. The van der Waals surface area contributed by atoms with Gasteiger partial charge in [-0.3, -0.25) is 9.59 Å². The van der Waals surface area contributed by atoms with Crippen LogP contribution in [-0.4, -0.2) is 45.2 Å². The SMILES string of the molecule is COCCOc1cccc(NC(=O)CNC(=O)CN)c1.Cl. The number of hydrogen-bond donors (Lipinski definition) is 3. The molecule has 0 atom stereocenters. The first-order valence-corrected chi connectivity index (χ1v) is 6.14. The fraction of sp³-hybridized carbons (Fsp3) is 0.385.